The number of nitrogens with zero attached hydrogens (tertiary/aromatic N) is 2. The summed E-state index contributed by atoms with van der Waals surface area (Å²) in [5.41, 5.74) is 4.48. The molecule has 0 fully saturated rings. The summed E-state index contributed by atoms with van der Waals surface area (Å²) >= 11 is 3.60. The van der Waals surface area contributed by atoms with Gasteiger partial charge in [-0.15, -0.1) is 0 Å². The molecule has 0 bridgehead atoms. The summed E-state index contributed by atoms with van der Waals surface area (Å²) in [4.78, 5) is 31.1. The molecule has 1 aliphatic heterocycles. The van der Waals surface area contributed by atoms with Gasteiger partial charge in [0.05, 0.1) is 16.6 Å². The fourth-order valence-corrected chi connectivity index (χ4v) is 4.60. The highest BCUT2D eigenvalue weighted by molar-refractivity contribution is 9.10. The number of pyridine rings is 1. The van der Waals surface area contributed by atoms with E-state index in [1.807, 2.05) is 41.3 Å². The Morgan fingerprint density at radius 1 is 1.11 bits per heavy atom. The van der Waals surface area contributed by atoms with Crippen molar-refractivity contribution in [2.45, 2.75) is 13.0 Å². The number of carbonyl (C=O) groups excluding carboxylic acids is 1. The average molecular weight is 436 g/mol. The minimum absolute atomic E-state index is 0.0936. The summed E-state index contributed by atoms with van der Waals surface area (Å²) in [6.45, 7) is 1.16. The lowest BCUT2D eigenvalue weighted by molar-refractivity contribution is 0.0737. The van der Waals surface area contributed by atoms with Gasteiger partial charge in [0.15, 0.2) is 0 Å². The number of hydrogen-bond donors (Lipinski definition) is 1. The van der Waals surface area contributed by atoms with E-state index in [4.69, 9.17) is 0 Å². The monoisotopic (exact) mass is 435 g/mol. The van der Waals surface area contributed by atoms with E-state index in [1.54, 1.807) is 11.6 Å². The van der Waals surface area contributed by atoms with Gasteiger partial charge >= 0.3 is 0 Å². The van der Waals surface area contributed by atoms with Gasteiger partial charge in [-0.2, -0.15) is 0 Å². The Morgan fingerprint density at radius 3 is 2.75 bits per heavy atom. The number of H-pyrrole nitrogens is 1. The second-order valence-corrected chi connectivity index (χ2v) is 8.05. The lowest BCUT2D eigenvalue weighted by Crippen LogP contribution is -2.36. The lowest BCUT2D eigenvalue weighted by atomic mass is 10.0. The van der Waals surface area contributed by atoms with Gasteiger partial charge in [-0.1, -0.05) is 30.3 Å². The Morgan fingerprint density at radius 2 is 1.89 bits per heavy atom. The highest BCUT2D eigenvalue weighted by Crippen LogP contribution is 2.32. The van der Waals surface area contributed by atoms with Crippen LogP contribution in [0.5, 0.6) is 0 Å². The zero-order valence-electron chi connectivity index (χ0n) is 15.3. The number of carbonyl (C=O) groups is 1. The van der Waals surface area contributed by atoms with Crippen molar-refractivity contribution in [2.75, 3.05) is 6.54 Å². The van der Waals surface area contributed by atoms with E-state index >= 15 is 0 Å². The van der Waals surface area contributed by atoms with Gasteiger partial charge in [-0.05, 0) is 28.1 Å². The number of halogens is 1. The van der Waals surface area contributed by atoms with Gasteiger partial charge in [0.2, 0.25) is 0 Å². The van der Waals surface area contributed by atoms with Gasteiger partial charge in [0.1, 0.15) is 0 Å². The molecular formula is C22H18BrN3O2. The van der Waals surface area contributed by atoms with E-state index in [0.717, 1.165) is 38.3 Å². The normalized spacial score (nSPS) is 13.9. The van der Waals surface area contributed by atoms with Crippen LogP contribution >= 0.6 is 15.9 Å². The summed E-state index contributed by atoms with van der Waals surface area (Å²) < 4.78 is 2.60. The highest BCUT2D eigenvalue weighted by atomic mass is 79.9. The van der Waals surface area contributed by atoms with Crippen LogP contribution in [-0.4, -0.2) is 26.9 Å². The molecule has 0 unspecified atom stereocenters. The predicted octanol–water partition coefficient (Wildman–Crippen LogP) is 3.98. The minimum atomic E-state index is -0.171. The third-order valence-electron chi connectivity index (χ3n) is 5.63. The van der Waals surface area contributed by atoms with E-state index < -0.39 is 0 Å². The molecule has 28 heavy (non-hydrogen) atoms. The van der Waals surface area contributed by atoms with Crippen molar-refractivity contribution in [2.24, 2.45) is 7.05 Å². The standard InChI is InChI=1S/C22H18BrN3O2/c1-25-19-8-3-2-5-13(19)15(11-20(25)27)22(28)26-10-9-18-16(12-26)14-6-4-7-17(23)21(14)24-18/h2-8,11,24H,9-10,12H2,1H3. The molecule has 1 N–H and O–H groups in total. The average Bonchev–Trinajstić information content (AvgIpc) is 3.10. The molecule has 2 aromatic heterocycles. The Hall–Kier alpha value is -2.86. The number of hydrogen-bond acceptors (Lipinski definition) is 2. The third kappa shape index (κ3) is 2.52. The van der Waals surface area contributed by atoms with E-state index in [9.17, 15) is 9.59 Å². The molecule has 1 amide bonds. The van der Waals surface area contributed by atoms with Crippen LogP contribution in [0.2, 0.25) is 0 Å². The quantitative estimate of drug-likeness (QED) is 0.491. The largest absolute Gasteiger partial charge is 0.357 e. The van der Waals surface area contributed by atoms with Gasteiger partial charge in [0.25, 0.3) is 11.5 Å². The molecule has 2 aromatic carbocycles. The smallest absolute Gasteiger partial charge is 0.255 e. The number of nitrogens with one attached hydrogen (secondary N) is 1. The Labute approximate surface area is 169 Å². The second-order valence-electron chi connectivity index (χ2n) is 7.19. The number of aromatic amines is 1. The molecule has 140 valence electrons. The topological polar surface area (TPSA) is 58.1 Å². The van der Waals surface area contributed by atoms with Crippen molar-refractivity contribution < 1.29 is 4.79 Å². The molecule has 6 heteroatoms. The molecular weight excluding hydrogens is 418 g/mol. The first-order valence-corrected chi connectivity index (χ1v) is 10.00. The van der Waals surface area contributed by atoms with Gasteiger partial charge < -0.3 is 14.5 Å². The molecule has 4 aromatic rings. The highest BCUT2D eigenvalue weighted by Gasteiger charge is 2.26. The SMILES string of the molecule is Cn1c(=O)cc(C(=O)N2CCc3[nH]c4c(Br)cccc4c3C2)c2ccccc21. The summed E-state index contributed by atoms with van der Waals surface area (Å²) in [5, 5.41) is 1.94. The van der Waals surface area contributed by atoms with Crippen LogP contribution in [0, 0.1) is 0 Å². The van der Waals surface area contributed by atoms with Gasteiger partial charge in [0, 0.05) is 59.1 Å². The van der Waals surface area contributed by atoms with Crippen molar-refractivity contribution in [1.82, 2.24) is 14.5 Å². The van der Waals surface area contributed by atoms with Crippen molar-refractivity contribution >= 4 is 43.6 Å². The van der Waals surface area contributed by atoms with E-state index in [2.05, 4.69) is 27.0 Å². The molecule has 0 radical (unpaired) electrons. The summed E-state index contributed by atoms with van der Waals surface area (Å²) in [6.07, 6.45) is 0.769. The lowest BCUT2D eigenvalue weighted by Gasteiger charge is -2.28. The van der Waals surface area contributed by atoms with Crippen LogP contribution < -0.4 is 5.56 Å². The summed E-state index contributed by atoms with van der Waals surface area (Å²) in [6, 6.07) is 15.1. The van der Waals surface area contributed by atoms with Crippen molar-refractivity contribution in [3.05, 3.63) is 80.2 Å². The van der Waals surface area contributed by atoms with Crippen LogP contribution in [-0.2, 0) is 20.0 Å². The fourth-order valence-electron chi connectivity index (χ4n) is 4.13. The number of fused-ring (bicyclic) bond motifs is 4. The van der Waals surface area contributed by atoms with Crippen molar-refractivity contribution in [1.29, 1.82) is 0 Å². The second kappa shape index (κ2) is 6.34. The number of amides is 1. The fraction of sp³-hybridized carbons (Fsp3) is 0.182. The maximum absolute atomic E-state index is 13.4. The van der Waals surface area contributed by atoms with E-state index in [0.29, 0.717) is 18.7 Å². The maximum atomic E-state index is 13.4. The van der Waals surface area contributed by atoms with Gasteiger partial charge in [-0.3, -0.25) is 9.59 Å². The molecule has 0 aliphatic carbocycles. The van der Waals surface area contributed by atoms with Gasteiger partial charge in [-0.25, -0.2) is 0 Å². The zero-order chi connectivity index (χ0) is 19.4. The first-order valence-electron chi connectivity index (χ1n) is 9.20. The number of rotatable bonds is 1. The van der Waals surface area contributed by atoms with Crippen LogP contribution in [0.1, 0.15) is 21.6 Å². The Bertz CT molecular complexity index is 1320. The molecule has 5 nitrogen and oxygen atoms in total. The summed E-state index contributed by atoms with van der Waals surface area (Å²) in [7, 11) is 1.73. The molecule has 0 atom stereocenters. The van der Waals surface area contributed by atoms with Crippen molar-refractivity contribution in [3.8, 4) is 0 Å². The number of para-hydroxylation sites is 2. The van der Waals surface area contributed by atoms with Crippen LogP contribution in [0.25, 0.3) is 21.8 Å². The molecule has 0 saturated carbocycles. The van der Waals surface area contributed by atoms with E-state index in [-0.39, 0.29) is 11.5 Å². The Balaban J connectivity index is 1.59. The van der Waals surface area contributed by atoms with Crippen LogP contribution in [0.4, 0.5) is 0 Å². The number of benzene rings is 2. The van der Waals surface area contributed by atoms with Crippen LogP contribution in [0.3, 0.4) is 0 Å². The first-order chi connectivity index (χ1) is 13.5. The first kappa shape index (κ1) is 17.3. The molecule has 1 aliphatic rings. The zero-order valence-corrected chi connectivity index (χ0v) is 16.9. The van der Waals surface area contributed by atoms with Crippen molar-refractivity contribution in [3.63, 3.8) is 0 Å². The third-order valence-corrected chi connectivity index (χ3v) is 6.29. The predicted molar refractivity (Wildman–Crippen MR) is 114 cm³/mol. The molecule has 5 rings (SSSR count). The number of aromatic nitrogens is 2. The molecule has 3 heterocycles. The minimum Gasteiger partial charge on any atom is -0.357 e. The summed E-state index contributed by atoms with van der Waals surface area (Å²) in [5.74, 6) is -0.0936. The Kier molecular flexibility index (Phi) is 3.91. The van der Waals surface area contributed by atoms with E-state index in [1.165, 1.54) is 11.8 Å². The molecule has 0 saturated heterocycles. The van der Waals surface area contributed by atoms with Crippen LogP contribution in [0.15, 0.2) is 57.8 Å². The number of aryl methyl sites for hydroxylation is 1. The maximum Gasteiger partial charge on any atom is 0.255 e. The molecule has 0 spiro atoms.